The summed E-state index contributed by atoms with van der Waals surface area (Å²) >= 11 is 0. The lowest BCUT2D eigenvalue weighted by Gasteiger charge is -2.25. The van der Waals surface area contributed by atoms with Gasteiger partial charge >= 0.3 is 0 Å². The Bertz CT molecular complexity index is 2250. The molecule has 204 valence electrons. The van der Waals surface area contributed by atoms with Crippen molar-refractivity contribution < 1.29 is 0 Å². The number of rotatable bonds is 5. The van der Waals surface area contributed by atoms with E-state index in [2.05, 4.69) is 89.8 Å². The first-order chi connectivity index (χ1) is 21.3. The summed E-state index contributed by atoms with van der Waals surface area (Å²) in [6.45, 7) is 0. The minimum Gasteiger partial charge on any atom is -0.311 e. The van der Waals surface area contributed by atoms with Gasteiger partial charge in [0.25, 0.3) is 5.56 Å². The molecule has 0 aliphatic carbocycles. The molecule has 0 fully saturated rings. The van der Waals surface area contributed by atoms with Gasteiger partial charge in [0.1, 0.15) is 0 Å². The van der Waals surface area contributed by atoms with Gasteiger partial charge in [-0.25, -0.2) is 4.98 Å². The van der Waals surface area contributed by atoms with Crippen molar-refractivity contribution in [2.75, 3.05) is 4.90 Å². The van der Waals surface area contributed by atoms with E-state index in [1.54, 1.807) is 4.57 Å². The average Bonchev–Trinajstić information content (AvgIpc) is 3.47. The molecule has 5 heteroatoms. The summed E-state index contributed by atoms with van der Waals surface area (Å²) in [5.74, 6) is 0. The lowest BCUT2D eigenvalue weighted by atomic mass is 10.0. The van der Waals surface area contributed by atoms with E-state index in [1.807, 2.05) is 77.2 Å². The number of hydrogen-bond donors (Lipinski definition) is 0. The van der Waals surface area contributed by atoms with Crippen molar-refractivity contribution in [1.82, 2.24) is 14.0 Å². The summed E-state index contributed by atoms with van der Waals surface area (Å²) in [4.78, 5) is 20.8. The van der Waals surface area contributed by atoms with Crippen molar-refractivity contribution in [1.29, 1.82) is 0 Å². The van der Waals surface area contributed by atoms with Gasteiger partial charge in [-0.3, -0.25) is 13.8 Å². The molecule has 0 aliphatic heterocycles. The third-order valence-corrected chi connectivity index (χ3v) is 7.93. The van der Waals surface area contributed by atoms with E-state index in [9.17, 15) is 4.79 Å². The smallest absolute Gasteiger partial charge is 0.299 e. The molecule has 2 heterocycles. The van der Waals surface area contributed by atoms with Crippen molar-refractivity contribution in [3.8, 4) is 16.8 Å². The van der Waals surface area contributed by atoms with Crippen molar-refractivity contribution in [2.45, 2.75) is 0 Å². The van der Waals surface area contributed by atoms with Gasteiger partial charge < -0.3 is 4.90 Å². The van der Waals surface area contributed by atoms with Crippen LogP contribution in [0.3, 0.4) is 0 Å². The third kappa shape index (κ3) is 4.18. The van der Waals surface area contributed by atoms with Gasteiger partial charge in [-0.15, -0.1) is 0 Å². The summed E-state index contributed by atoms with van der Waals surface area (Å²) < 4.78 is 3.73. The second kappa shape index (κ2) is 10.2. The number of nitrogens with zero attached hydrogens (tertiary/aromatic N) is 4. The van der Waals surface area contributed by atoms with Crippen LogP contribution in [0.25, 0.3) is 44.5 Å². The van der Waals surface area contributed by atoms with Crippen molar-refractivity contribution >= 4 is 44.8 Å². The molecule has 0 bridgehead atoms. The number of fused-ring (bicyclic) bond motifs is 5. The van der Waals surface area contributed by atoms with Crippen LogP contribution in [-0.4, -0.2) is 14.0 Å². The number of aromatic nitrogens is 3. The Morgan fingerprint density at radius 3 is 1.58 bits per heavy atom. The molecule has 0 spiro atoms. The highest BCUT2D eigenvalue weighted by Crippen LogP contribution is 2.35. The monoisotopic (exact) mass is 554 g/mol. The standard InChI is InChI=1S/C38H26N4O/c43-38-37-39-33-15-7-8-16-34(33)42(37)36-18-10-9-17-35(36)41(38)32-25-21-28(22-26-32)27-19-23-31(24-20-27)40(29-11-3-1-4-12-29)30-13-5-2-6-14-30/h1-26H. The lowest BCUT2D eigenvalue weighted by molar-refractivity contribution is 1.02. The van der Waals surface area contributed by atoms with E-state index in [0.717, 1.165) is 55.9 Å². The van der Waals surface area contributed by atoms with E-state index in [0.29, 0.717) is 5.65 Å². The molecule has 0 saturated heterocycles. The molecule has 0 saturated carbocycles. The maximum atomic E-state index is 13.9. The Kier molecular flexibility index (Phi) is 5.86. The van der Waals surface area contributed by atoms with Gasteiger partial charge in [-0.2, -0.15) is 0 Å². The predicted octanol–water partition coefficient (Wildman–Crippen LogP) is 8.93. The maximum absolute atomic E-state index is 13.9. The third-order valence-electron chi connectivity index (χ3n) is 7.93. The van der Waals surface area contributed by atoms with Crippen LogP contribution in [-0.2, 0) is 0 Å². The van der Waals surface area contributed by atoms with E-state index in [4.69, 9.17) is 4.98 Å². The molecule has 5 nitrogen and oxygen atoms in total. The lowest BCUT2D eigenvalue weighted by Crippen LogP contribution is -2.21. The zero-order valence-corrected chi connectivity index (χ0v) is 23.2. The fourth-order valence-corrected chi connectivity index (χ4v) is 5.93. The van der Waals surface area contributed by atoms with Gasteiger partial charge in [-0.1, -0.05) is 84.9 Å². The predicted molar refractivity (Wildman–Crippen MR) is 176 cm³/mol. The van der Waals surface area contributed by atoms with Crippen LogP contribution in [0, 0.1) is 0 Å². The van der Waals surface area contributed by atoms with Crippen LogP contribution in [0.5, 0.6) is 0 Å². The first kappa shape index (κ1) is 24.8. The molecule has 2 aromatic heterocycles. The van der Waals surface area contributed by atoms with E-state index >= 15 is 0 Å². The summed E-state index contributed by atoms with van der Waals surface area (Å²) in [5, 5.41) is 0. The molecule has 0 atom stereocenters. The van der Waals surface area contributed by atoms with Gasteiger partial charge in [0.15, 0.2) is 0 Å². The number of imidazole rings is 1. The molecule has 0 amide bonds. The van der Waals surface area contributed by atoms with Crippen LogP contribution in [0.15, 0.2) is 163 Å². The quantitative estimate of drug-likeness (QED) is 0.213. The Morgan fingerprint density at radius 2 is 0.953 bits per heavy atom. The largest absolute Gasteiger partial charge is 0.311 e. The Labute approximate surface area is 248 Å². The Balaban J connectivity index is 1.18. The Morgan fingerprint density at radius 1 is 0.465 bits per heavy atom. The van der Waals surface area contributed by atoms with Gasteiger partial charge in [0.05, 0.1) is 22.1 Å². The number of hydrogen-bond acceptors (Lipinski definition) is 3. The molecule has 0 N–H and O–H groups in total. The van der Waals surface area contributed by atoms with Crippen molar-refractivity contribution in [3.05, 3.63) is 168 Å². The summed E-state index contributed by atoms with van der Waals surface area (Å²) in [6, 6.07) is 53.4. The van der Waals surface area contributed by atoms with Gasteiger partial charge in [0, 0.05) is 22.7 Å². The average molecular weight is 555 g/mol. The molecule has 0 radical (unpaired) electrons. The number of benzene rings is 6. The number of anilines is 3. The molecule has 8 rings (SSSR count). The molecule has 6 aromatic carbocycles. The van der Waals surface area contributed by atoms with E-state index in [-0.39, 0.29) is 5.56 Å². The summed E-state index contributed by atoms with van der Waals surface area (Å²) in [7, 11) is 0. The molecular formula is C38H26N4O. The van der Waals surface area contributed by atoms with Crippen LogP contribution < -0.4 is 10.5 Å². The highest BCUT2D eigenvalue weighted by molar-refractivity contribution is 5.89. The fourth-order valence-electron chi connectivity index (χ4n) is 5.93. The maximum Gasteiger partial charge on any atom is 0.299 e. The van der Waals surface area contributed by atoms with Crippen LogP contribution in [0.4, 0.5) is 17.1 Å². The first-order valence-electron chi connectivity index (χ1n) is 14.3. The summed E-state index contributed by atoms with van der Waals surface area (Å²) in [6.07, 6.45) is 0. The van der Waals surface area contributed by atoms with Crippen molar-refractivity contribution in [2.24, 2.45) is 0 Å². The molecule has 0 unspecified atom stereocenters. The normalized spacial score (nSPS) is 11.3. The van der Waals surface area contributed by atoms with E-state index < -0.39 is 0 Å². The van der Waals surface area contributed by atoms with Crippen molar-refractivity contribution in [3.63, 3.8) is 0 Å². The van der Waals surface area contributed by atoms with E-state index in [1.165, 1.54) is 0 Å². The molecule has 8 aromatic rings. The van der Waals surface area contributed by atoms with Crippen LogP contribution in [0.1, 0.15) is 0 Å². The minimum atomic E-state index is -0.145. The Hall–Kier alpha value is -5.94. The van der Waals surface area contributed by atoms with Crippen LogP contribution >= 0.6 is 0 Å². The minimum absolute atomic E-state index is 0.145. The van der Waals surface area contributed by atoms with Crippen LogP contribution in [0.2, 0.25) is 0 Å². The fraction of sp³-hybridized carbons (Fsp3) is 0. The SMILES string of the molecule is O=c1c2nc3ccccc3n2c2ccccc2n1-c1ccc(-c2ccc(N(c3ccccc3)c3ccccc3)cc2)cc1. The van der Waals surface area contributed by atoms with Gasteiger partial charge in [-0.05, 0) is 83.9 Å². The molecular weight excluding hydrogens is 528 g/mol. The highest BCUT2D eigenvalue weighted by atomic mass is 16.1. The molecule has 43 heavy (non-hydrogen) atoms. The topological polar surface area (TPSA) is 42.5 Å². The molecule has 0 aliphatic rings. The zero-order valence-electron chi connectivity index (χ0n) is 23.2. The van der Waals surface area contributed by atoms with Gasteiger partial charge in [0.2, 0.25) is 5.65 Å². The highest BCUT2D eigenvalue weighted by Gasteiger charge is 2.17. The number of para-hydroxylation sites is 6. The summed E-state index contributed by atoms with van der Waals surface area (Å²) in [5.41, 5.74) is 10.0. The second-order valence-corrected chi connectivity index (χ2v) is 10.5. The second-order valence-electron chi connectivity index (χ2n) is 10.5. The zero-order chi connectivity index (χ0) is 28.8. The first-order valence-corrected chi connectivity index (χ1v) is 14.3.